The number of carbonyl (C=O) groups is 1. The van der Waals surface area contributed by atoms with E-state index in [1.807, 2.05) is 4.90 Å². The van der Waals surface area contributed by atoms with Crippen LogP contribution < -0.4 is 5.32 Å². The molecule has 2 saturated heterocycles. The number of nitrogens with one attached hydrogen (secondary N) is 1. The number of halogens is 1. The largest absolute Gasteiger partial charge is 0.391 e. The number of aliphatic hydroxyl groups excluding tert-OH is 1. The Morgan fingerprint density at radius 1 is 1.36 bits per heavy atom. The van der Waals surface area contributed by atoms with Crippen molar-refractivity contribution in [1.82, 2.24) is 10.2 Å². The van der Waals surface area contributed by atoms with Crippen LogP contribution in [0, 0.1) is 0 Å². The van der Waals surface area contributed by atoms with Crippen LogP contribution in [0.25, 0.3) is 0 Å². The Morgan fingerprint density at radius 3 is 2.50 bits per heavy atom. The van der Waals surface area contributed by atoms with Gasteiger partial charge in [0.05, 0.1) is 12.5 Å². The van der Waals surface area contributed by atoms with E-state index in [9.17, 15) is 9.90 Å². The van der Waals surface area contributed by atoms with Crippen molar-refractivity contribution in [3.63, 3.8) is 0 Å². The number of piperidine rings is 1. The molecule has 5 heteroatoms. The van der Waals surface area contributed by atoms with Crippen molar-refractivity contribution in [1.29, 1.82) is 0 Å². The van der Waals surface area contributed by atoms with E-state index >= 15 is 0 Å². The third-order valence-corrected chi connectivity index (χ3v) is 2.89. The maximum absolute atomic E-state index is 11.4. The van der Waals surface area contributed by atoms with E-state index in [0.29, 0.717) is 19.0 Å². The van der Waals surface area contributed by atoms with Crippen molar-refractivity contribution >= 4 is 18.3 Å². The lowest BCUT2D eigenvalue weighted by atomic mass is 10.1. The minimum Gasteiger partial charge on any atom is -0.391 e. The molecule has 0 bridgehead atoms. The van der Waals surface area contributed by atoms with Crippen LogP contribution in [0.3, 0.4) is 0 Å². The topological polar surface area (TPSA) is 52.6 Å². The molecule has 2 aliphatic heterocycles. The standard InChI is InChI=1S/C9H16N2O2.ClH/c12-8-5-9(13)11(6-8)7-1-3-10-4-2-7;/h7-8,10,12H,1-6H2;1H/t8-;/m0./s1. The number of aliphatic hydroxyl groups is 1. The average Bonchev–Trinajstić information content (AvgIpc) is 2.47. The maximum atomic E-state index is 11.4. The van der Waals surface area contributed by atoms with Gasteiger partial charge in [-0.25, -0.2) is 0 Å². The van der Waals surface area contributed by atoms with Gasteiger partial charge in [-0.15, -0.1) is 12.4 Å². The van der Waals surface area contributed by atoms with E-state index < -0.39 is 6.10 Å². The zero-order chi connectivity index (χ0) is 9.26. The molecule has 2 fully saturated rings. The number of β-amino-alcohol motifs (C(OH)–C–C–N with tert-alkyl or cyclic N) is 1. The van der Waals surface area contributed by atoms with Gasteiger partial charge in [-0.1, -0.05) is 0 Å². The fourth-order valence-electron chi connectivity index (χ4n) is 2.18. The summed E-state index contributed by atoms with van der Waals surface area (Å²) < 4.78 is 0. The highest BCUT2D eigenvalue weighted by Crippen LogP contribution is 2.19. The molecule has 0 aromatic rings. The van der Waals surface area contributed by atoms with Gasteiger partial charge < -0.3 is 15.3 Å². The smallest absolute Gasteiger partial charge is 0.225 e. The fourth-order valence-corrected chi connectivity index (χ4v) is 2.18. The first-order chi connectivity index (χ1) is 6.27. The summed E-state index contributed by atoms with van der Waals surface area (Å²) in [5, 5.41) is 12.6. The summed E-state index contributed by atoms with van der Waals surface area (Å²) in [5.41, 5.74) is 0. The number of carbonyl (C=O) groups excluding carboxylic acids is 1. The molecule has 82 valence electrons. The molecule has 1 amide bonds. The number of amides is 1. The van der Waals surface area contributed by atoms with Gasteiger partial charge in [0.2, 0.25) is 5.91 Å². The number of hydrogen-bond acceptors (Lipinski definition) is 3. The van der Waals surface area contributed by atoms with Crippen LogP contribution in [0.4, 0.5) is 0 Å². The highest BCUT2D eigenvalue weighted by molar-refractivity contribution is 5.85. The first-order valence-corrected chi connectivity index (χ1v) is 4.95. The zero-order valence-corrected chi connectivity index (χ0v) is 8.92. The SMILES string of the molecule is Cl.O=C1C[C@H](O)CN1C1CCNCC1. The summed E-state index contributed by atoms with van der Waals surface area (Å²) in [5.74, 6) is 0.124. The van der Waals surface area contributed by atoms with Crippen LogP contribution in [0.1, 0.15) is 19.3 Å². The Hall–Kier alpha value is -0.320. The van der Waals surface area contributed by atoms with E-state index in [-0.39, 0.29) is 18.3 Å². The van der Waals surface area contributed by atoms with Crippen LogP contribution >= 0.6 is 12.4 Å². The van der Waals surface area contributed by atoms with Gasteiger partial charge in [-0.2, -0.15) is 0 Å². The minimum atomic E-state index is -0.428. The van der Waals surface area contributed by atoms with Gasteiger partial charge in [0.25, 0.3) is 0 Å². The number of likely N-dealkylation sites (tertiary alicyclic amines) is 1. The summed E-state index contributed by atoms with van der Waals surface area (Å²) in [6.07, 6.45) is 1.95. The molecule has 2 N–H and O–H groups in total. The zero-order valence-electron chi connectivity index (χ0n) is 8.11. The van der Waals surface area contributed by atoms with Crippen LogP contribution in [0.15, 0.2) is 0 Å². The molecule has 2 aliphatic rings. The second-order valence-electron chi connectivity index (χ2n) is 3.89. The molecule has 0 spiro atoms. The predicted octanol–water partition coefficient (Wildman–Crippen LogP) is -0.247. The molecule has 0 aromatic heterocycles. The molecule has 14 heavy (non-hydrogen) atoms. The summed E-state index contributed by atoms with van der Waals surface area (Å²) in [6.45, 7) is 2.53. The molecular weight excluding hydrogens is 204 g/mol. The minimum absolute atomic E-state index is 0. The summed E-state index contributed by atoms with van der Waals surface area (Å²) in [4.78, 5) is 13.3. The lowest BCUT2D eigenvalue weighted by Crippen LogP contribution is -2.44. The lowest BCUT2D eigenvalue weighted by Gasteiger charge is -2.31. The van der Waals surface area contributed by atoms with Gasteiger partial charge in [-0.05, 0) is 25.9 Å². The Kier molecular flexibility index (Phi) is 4.16. The van der Waals surface area contributed by atoms with E-state index in [2.05, 4.69) is 5.32 Å². The fraction of sp³-hybridized carbons (Fsp3) is 0.889. The van der Waals surface area contributed by atoms with Crippen molar-refractivity contribution in [2.75, 3.05) is 19.6 Å². The Morgan fingerprint density at radius 2 is 2.00 bits per heavy atom. The van der Waals surface area contributed by atoms with Gasteiger partial charge >= 0.3 is 0 Å². The monoisotopic (exact) mass is 220 g/mol. The molecule has 0 aromatic carbocycles. The van der Waals surface area contributed by atoms with Crippen molar-refractivity contribution in [3.05, 3.63) is 0 Å². The Balaban J connectivity index is 0.000000980. The Bertz CT molecular complexity index is 207. The molecule has 0 radical (unpaired) electrons. The summed E-state index contributed by atoms with van der Waals surface area (Å²) >= 11 is 0. The number of nitrogens with zero attached hydrogens (tertiary/aromatic N) is 1. The predicted molar refractivity (Wildman–Crippen MR) is 55.5 cm³/mol. The number of rotatable bonds is 1. The normalized spacial score (nSPS) is 29.1. The second kappa shape index (κ2) is 4.96. The van der Waals surface area contributed by atoms with Crippen molar-refractivity contribution in [3.8, 4) is 0 Å². The van der Waals surface area contributed by atoms with Gasteiger partial charge in [-0.3, -0.25) is 4.79 Å². The van der Waals surface area contributed by atoms with E-state index in [0.717, 1.165) is 25.9 Å². The molecule has 0 aliphatic carbocycles. The van der Waals surface area contributed by atoms with Crippen LogP contribution in [-0.4, -0.2) is 47.7 Å². The molecule has 0 saturated carbocycles. The third-order valence-electron chi connectivity index (χ3n) is 2.89. The van der Waals surface area contributed by atoms with E-state index in [1.54, 1.807) is 0 Å². The number of hydrogen-bond donors (Lipinski definition) is 2. The molecule has 4 nitrogen and oxygen atoms in total. The lowest BCUT2D eigenvalue weighted by molar-refractivity contribution is -0.130. The van der Waals surface area contributed by atoms with Crippen molar-refractivity contribution < 1.29 is 9.90 Å². The molecular formula is C9H17ClN2O2. The molecule has 2 heterocycles. The Labute approximate surface area is 90.1 Å². The maximum Gasteiger partial charge on any atom is 0.225 e. The third kappa shape index (κ3) is 2.38. The van der Waals surface area contributed by atoms with Crippen LogP contribution in [0.2, 0.25) is 0 Å². The quantitative estimate of drug-likeness (QED) is 0.641. The molecule has 0 unspecified atom stereocenters. The van der Waals surface area contributed by atoms with Crippen LogP contribution in [-0.2, 0) is 4.79 Å². The molecule has 2 rings (SSSR count). The van der Waals surface area contributed by atoms with Gasteiger partial charge in [0, 0.05) is 12.6 Å². The summed E-state index contributed by atoms with van der Waals surface area (Å²) in [6, 6.07) is 0.367. The van der Waals surface area contributed by atoms with Crippen LogP contribution in [0.5, 0.6) is 0 Å². The first kappa shape index (κ1) is 11.8. The molecule has 1 atom stereocenters. The van der Waals surface area contributed by atoms with E-state index in [4.69, 9.17) is 0 Å². The summed E-state index contributed by atoms with van der Waals surface area (Å²) in [7, 11) is 0. The highest BCUT2D eigenvalue weighted by atomic mass is 35.5. The van der Waals surface area contributed by atoms with Crippen molar-refractivity contribution in [2.24, 2.45) is 0 Å². The van der Waals surface area contributed by atoms with Crippen molar-refractivity contribution in [2.45, 2.75) is 31.4 Å². The van der Waals surface area contributed by atoms with E-state index in [1.165, 1.54) is 0 Å². The average molecular weight is 221 g/mol. The second-order valence-corrected chi connectivity index (χ2v) is 3.89. The highest BCUT2D eigenvalue weighted by Gasteiger charge is 2.33. The van der Waals surface area contributed by atoms with Gasteiger partial charge in [0.15, 0.2) is 0 Å². The van der Waals surface area contributed by atoms with Gasteiger partial charge in [0.1, 0.15) is 0 Å². The first-order valence-electron chi connectivity index (χ1n) is 4.95.